The molecule has 1 N–H and O–H groups in total. The Balaban J connectivity index is 2.05. The summed E-state index contributed by atoms with van der Waals surface area (Å²) in [5.74, 6) is 2.44. The van der Waals surface area contributed by atoms with Crippen LogP contribution in [0.3, 0.4) is 0 Å². The molecule has 1 aliphatic carbocycles. The molecule has 1 aromatic rings. The predicted octanol–water partition coefficient (Wildman–Crippen LogP) is 3.68. The summed E-state index contributed by atoms with van der Waals surface area (Å²) >= 11 is 6.14. The van der Waals surface area contributed by atoms with Gasteiger partial charge in [-0.25, -0.2) is 4.98 Å². The molecule has 1 aromatic heterocycles. The lowest BCUT2D eigenvalue weighted by molar-refractivity contribution is 0.286. The molecule has 1 aliphatic rings. The third-order valence-corrected chi connectivity index (χ3v) is 4.06. The zero-order valence-electron chi connectivity index (χ0n) is 9.75. The smallest absolute Gasteiger partial charge is 0.126 e. The van der Waals surface area contributed by atoms with Gasteiger partial charge in [-0.3, -0.25) is 0 Å². The molecule has 88 valence electrons. The monoisotopic (exact) mass is 238 g/mol. The number of hydrogen-bond donors (Lipinski definition) is 1. The van der Waals surface area contributed by atoms with Gasteiger partial charge in [0.05, 0.1) is 5.54 Å². The quantitative estimate of drug-likeness (QED) is 0.813. The summed E-state index contributed by atoms with van der Waals surface area (Å²) < 4.78 is 0. The minimum atomic E-state index is 0.0580. The second-order valence-corrected chi connectivity index (χ2v) is 5.20. The van der Waals surface area contributed by atoms with Crippen molar-refractivity contribution in [1.82, 2.24) is 4.98 Å². The first-order valence-corrected chi connectivity index (χ1v) is 6.53. The van der Waals surface area contributed by atoms with E-state index in [0.29, 0.717) is 5.88 Å². The fourth-order valence-electron chi connectivity index (χ4n) is 2.32. The molecule has 0 aromatic carbocycles. The molecule has 1 saturated carbocycles. The Hall–Kier alpha value is -0.760. The van der Waals surface area contributed by atoms with Gasteiger partial charge in [0.15, 0.2) is 0 Å². The van der Waals surface area contributed by atoms with Gasteiger partial charge in [-0.15, -0.1) is 11.6 Å². The van der Waals surface area contributed by atoms with E-state index >= 15 is 0 Å². The van der Waals surface area contributed by atoms with Gasteiger partial charge in [0, 0.05) is 12.1 Å². The van der Waals surface area contributed by atoms with Crippen LogP contribution in [-0.4, -0.2) is 16.4 Å². The van der Waals surface area contributed by atoms with Crippen molar-refractivity contribution in [2.45, 2.75) is 38.1 Å². The molecule has 0 unspecified atom stereocenters. The van der Waals surface area contributed by atoms with E-state index in [-0.39, 0.29) is 5.54 Å². The number of rotatable bonds is 3. The van der Waals surface area contributed by atoms with Crippen LogP contribution in [0.1, 0.15) is 32.6 Å². The van der Waals surface area contributed by atoms with E-state index < -0.39 is 0 Å². The summed E-state index contributed by atoms with van der Waals surface area (Å²) in [4.78, 5) is 4.32. The lowest BCUT2D eigenvalue weighted by Gasteiger charge is -2.39. The average molecular weight is 239 g/mol. The highest BCUT2D eigenvalue weighted by Gasteiger charge is 2.33. The van der Waals surface area contributed by atoms with Gasteiger partial charge in [0.2, 0.25) is 0 Å². The number of nitrogens with zero attached hydrogens (tertiary/aromatic N) is 1. The molecular formula is C13H19ClN2. The van der Waals surface area contributed by atoms with Crippen molar-refractivity contribution in [2.24, 2.45) is 5.92 Å². The standard InChI is InChI=1S/C13H19ClN2/c1-11-5-7-13(10-14,8-6-11)16-12-4-2-3-9-15-12/h2-4,9,11H,5-8,10H2,1H3,(H,15,16). The first-order chi connectivity index (χ1) is 7.74. The Bertz CT molecular complexity index is 318. The highest BCUT2D eigenvalue weighted by molar-refractivity contribution is 6.18. The molecule has 1 heterocycles. The number of aromatic nitrogens is 1. The minimum absolute atomic E-state index is 0.0580. The number of alkyl halides is 1. The van der Waals surface area contributed by atoms with Gasteiger partial charge in [-0.1, -0.05) is 13.0 Å². The number of nitrogens with one attached hydrogen (secondary N) is 1. The van der Waals surface area contributed by atoms with Crippen LogP contribution in [0.25, 0.3) is 0 Å². The lowest BCUT2D eigenvalue weighted by Crippen LogP contribution is -2.43. The molecule has 1 fully saturated rings. The first kappa shape index (κ1) is 11.7. The van der Waals surface area contributed by atoms with E-state index in [1.165, 1.54) is 12.8 Å². The summed E-state index contributed by atoms with van der Waals surface area (Å²) in [5, 5.41) is 3.52. The zero-order valence-corrected chi connectivity index (χ0v) is 10.5. The van der Waals surface area contributed by atoms with Crippen LogP contribution in [0, 0.1) is 5.92 Å². The maximum Gasteiger partial charge on any atom is 0.126 e. The fraction of sp³-hybridized carbons (Fsp3) is 0.615. The summed E-state index contributed by atoms with van der Waals surface area (Å²) in [7, 11) is 0. The Kier molecular flexibility index (Phi) is 3.70. The SMILES string of the molecule is CC1CCC(CCl)(Nc2ccccn2)CC1. The van der Waals surface area contributed by atoms with Crippen LogP contribution in [0.5, 0.6) is 0 Å². The van der Waals surface area contributed by atoms with Crippen LogP contribution in [0.4, 0.5) is 5.82 Å². The normalized spacial score (nSPS) is 30.0. The van der Waals surface area contributed by atoms with Crippen molar-refractivity contribution < 1.29 is 0 Å². The summed E-state index contributed by atoms with van der Waals surface area (Å²) in [5.41, 5.74) is 0.0580. The van der Waals surface area contributed by atoms with E-state index in [0.717, 1.165) is 24.6 Å². The largest absolute Gasteiger partial charge is 0.363 e. The summed E-state index contributed by atoms with van der Waals surface area (Å²) in [6.07, 6.45) is 6.62. The lowest BCUT2D eigenvalue weighted by atomic mass is 9.78. The van der Waals surface area contributed by atoms with Gasteiger partial charge in [-0.2, -0.15) is 0 Å². The summed E-state index contributed by atoms with van der Waals surface area (Å²) in [6, 6.07) is 5.94. The fourth-order valence-corrected chi connectivity index (χ4v) is 2.65. The van der Waals surface area contributed by atoms with E-state index in [2.05, 4.69) is 17.2 Å². The molecule has 0 bridgehead atoms. The van der Waals surface area contributed by atoms with Gasteiger partial charge >= 0.3 is 0 Å². The highest BCUT2D eigenvalue weighted by atomic mass is 35.5. The van der Waals surface area contributed by atoms with Gasteiger partial charge in [-0.05, 0) is 43.7 Å². The third kappa shape index (κ3) is 2.67. The van der Waals surface area contributed by atoms with Crippen LogP contribution in [0.2, 0.25) is 0 Å². The molecular weight excluding hydrogens is 220 g/mol. The van der Waals surface area contributed by atoms with Crippen LogP contribution in [0.15, 0.2) is 24.4 Å². The molecule has 2 rings (SSSR count). The second-order valence-electron chi connectivity index (χ2n) is 4.94. The number of halogens is 1. The van der Waals surface area contributed by atoms with Crippen LogP contribution < -0.4 is 5.32 Å². The second kappa shape index (κ2) is 5.05. The van der Waals surface area contributed by atoms with Gasteiger partial charge in [0.25, 0.3) is 0 Å². The van der Waals surface area contributed by atoms with E-state index in [1.807, 2.05) is 24.4 Å². The first-order valence-electron chi connectivity index (χ1n) is 5.99. The van der Waals surface area contributed by atoms with Gasteiger partial charge < -0.3 is 5.32 Å². The van der Waals surface area contributed by atoms with Crippen molar-refractivity contribution in [1.29, 1.82) is 0 Å². The zero-order chi connectivity index (χ0) is 11.4. The molecule has 2 nitrogen and oxygen atoms in total. The maximum atomic E-state index is 6.14. The molecule has 0 atom stereocenters. The Morgan fingerprint density at radius 2 is 2.19 bits per heavy atom. The van der Waals surface area contributed by atoms with E-state index in [4.69, 9.17) is 11.6 Å². The molecule has 3 heteroatoms. The summed E-state index contributed by atoms with van der Waals surface area (Å²) in [6.45, 7) is 2.32. The predicted molar refractivity (Wildman–Crippen MR) is 68.9 cm³/mol. The van der Waals surface area contributed by atoms with E-state index in [1.54, 1.807) is 0 Å². The Morgan fingerprint density at radius 3 is 2.75 bits per heavy atom. The Morgan fingerprint density at radius 1 is 1.44 bits per heavy atom. The number of pyridine rings is 1. The van der Waals surface area contributed by atoms with Crippen molar-refractivity contribution in [2.75, 3.05) is 11.2 Å². The molecule has 16 heavy (non-hydrogen) atoms. The van der Waals surface area contributed by atoms with Crippen LogP contribution in [-0.2, 0) is 0 Å². The van der Waals surface area contributed by atoms with Gasteiger partial charge in [0.1, 0.15) is 5.82 Å². The van der Waals surface area contributed by atoms with Crippen molar-refractivity contribution >= 4 is 17.4 Å². The molecule has 0 saturated heterocycles. The maximum absolute atomic E-state index is 6.14. The number of anilines is 1. The minimum Gasteiger partial charge on any atom is -0.363 e. The number of hydrogen-bond acceptors (Lipinski definition) is 2. The Labute approximate surface area is 102 Å². The van der Waals surface area contributed by atoms with Crippen molar-refractivity contribution in [3.8, 4) is 0 Å². The molecule has 0 radical (unpaired) electrons. The van der Waals surface area contributed by atoms with Crippen LogP contribution >= 0.6 is 11.6 Å². The van der Waals surface area contributed by atoms with Crippen molar-refractivity contribution in [3.05, 3.63) is 24.4 Å². The molecule has 0 amide bonds. The third-order valence-electron chi connectivity index (χ3n) is 3.55. The molecule has 0 aliphatic heterocycles. The average Bonchev–Trinajstić information content (AvgIpc) is 2.34. The van der Waals surface area contributed by atoms with Crippen molar-refractivity contribution in [3.63, 3.8) is 0 Å². The highest BCUT2D eigenvalue weighted by Crippen LogP contribution is 2.35. The van der Waals surface area contributed by atoms with E-state index in [9.17, 15) is 0 Å². The topological polar surface area (TPSA) is 24.9 Å². The molecule has 0 spiro atoms.